The van der Waals surface area contributed by atoms with Gasteiger partial charge in [-0.25, -0.2) is 4.39 Å². The number of aliphatic hydroxyl groups is 1. The van der Waals surface area contributed by atoms with Crippen molar-refractivity contribution in [2.24, 2.45) is 5.41 Å². The summed E-state index contributed by atoms with van der Waals surface area (Å²) >= 11 is 0. The van der Waals surface area contributed by atoms with Gasteiger partial charge in [0.1, 0.15) is 23.4 Å². The SMILES string of the molecule is Cc1ccc(C2C(C(=O)C(C)(C)C)=C(O)C(=O)N2c2ccc(F)cc2)o1. The van der Waals surface area contributed by atoms with Crippen LogP contribution in [0.3, 0.4) is 0 Å². The quantitative estimate of drug-likeness (QED) is 0.892. The lowest BCUT2D eigenvalue weighted by molar-refractivity contribution is -0.123. The second kappa shape index (κ2) is 6.12. The Kier molecular flexibility index (Phi) is 4.22. The number of halogens is 1. The van der Waals surface area contributed by atoms with Gasteiger partial charge in [-0.2, -0.15) is 0 Å². The van der Waals surface area contributed by atoms with E-state index in [4.69, 9.17) is 4.42 Å². The van der Waals surface area contributed by atoms with Crippen LogP contribution in [0.1, 0.15) is 38.3 Å². The molecule has 0 fully saturated rings. The lowest BCUT2D eigenvalue weighted by atomic mass is 9.83. The Morgan fingerprint density at radius 2 is 1.77 bits per heavy atom. The molecule has 5 nitrogen and oxygen atoms in total. The van der Waals surface area contributed by atoms with Gasteiger partial charge in [0, 0.05) is 11.1 Å². The normalized spacial score (nSPS) is 18.0. The number of carbonyl (C=O) groups excluding carboxylic acids is 2. The third-order valence-electron chi connectivity index (χ3n) is 4.27. The molecule has 1 aliphatic heterocycles. The van der Waals surface area contributed by atoms with Gasteiger partial charge >= 0.3 is 0 Å². The van der Waals surface area contributed by atoms with E-state index in [0.717, 1.165) is 0 Å². The van der Waals surface area contributed by atoms with Crippen molar-refractivity contribution in [2.75, 3.05) is 4.90 Å². The first kappa shape index (κ1) is 17.9. The molecule has 6 heteroatoms. The van der Waals surface area contributed by atoms with E-state index < -0.39 is 28.9 Å². The molecular formula is C20H20FNO4. The summed E-state index contributed by atoms with van der Waals surface area (Å²) < 4.78 is 19.0. The van der Waals surface area contributed by atoms with Crippen LogP contribution >= 0.6 is 0 Å². The summed E-state index contributed by atoms with van der Waals surface area (Å²) in [5.74, 6) is -1.16. The molecule has 1 aromatic carbocycles. The van der Waals surface area contributed by atoms with E-state index in [2.05, 4.69) is 0 Å². The number of carbonyl (C=O) groups is 2. The van der Waals surface area contributed by atoms with Crippen LogP contribution in [0.25, 0.3) is 0 Å². The summed E-state index contributed by atoms with van der Waals surface area (Å²) in [6, 6.07) is 7.76. The van der Waals surface area contributed by atoms with Crippen molar-refractivity contribution in [2.45, 2.75) is 33.7 Å². The molecule has 0 bridgehead atoms. The fourth-order valence-electron chi connectivity index (χ4n) is 2.98. The zero-order valence-electron chi connectivity index (χ0n) is 15.0. The summed E-state index contributed by atoms with van der Waals surface area (Å²) in [5.41, 5.74) is -0.456. The van der Waals surface area contributed by atoms with Gasteiger partial charge in [0.25, 0.3) is 5.91 Å². The zero-order chi connectivity index (χ0) is 19.2. The number of anilines is 1. The average Bonchev–Trinajstić information content (AvgIpc) is 3.09. The molecule has 1 atom stereocenters. The highest BCUT2D eigenvalue weighted by molar-refractivity contribution is 6.17. The number of ketones is 1. The number of aryl methyl sites for hydroxylation is 1. The van der Waals surface area contributed by atoms with Gasteiger partial charge in [-0.1, -0.05) is 20.8 Å². The molecule has 1 N–H and O–H groups in total. The lowest BCUT2D eigenvalue weighted by Crippen LogP contribution is -2.32. The minimum atomic E-state index is -0.909. The number of rotatable bonds is 3. The topological polar surface area (TPSA) is 70.8 Å². The van der Waals surface area contributed by atoms with E-state index in [1.807, 2.05) is 0 Å². The van der Waals surface area contributed by atoms with Gasteiger partial charge < -0.3 is 9.52 Å². The van der Waals surface area contributed by atoms with E-state index in [9.17, 15) is 19.1 Å². The Hall–Kier alpha value is -2.89. The van der Waals surface area contributed by atoms with Crippen molar-refractivity contribution in [1.82, 2.24) is 0 Å². The highest BCUT2D eigenvalue weighted by atomic mass is 19.1. The summed E-state index contributed by atoms with van der Waals surface area (Å²) in [4.78, 5) is 27.0. The van der Waals surface area contributed by atoms with E-state index in [1.54, 1.807) is 39.8 Å². The monoisotopic (exact) mass is 357 g/mol. The number of amides is 1. The third kappa shape index (κ3) is 2.92. The van der Waals surface area contributed by atoms with Crippen LogP contribution in [0.15, 0.2) is 52.1 Å². The second-order valence-electron chi connectivity index (χ2n) is 7.34. The molecule has 136 valence electrons. The summed E-state index contributed by atoms with van der Waals surface area (Å²) in [6.07, 6.45) is 0. The average molecular weight is 357 g/mol. The van der Waals surface area contributed by atoms with Gasteiger partial charge in [-0.05, 0) is 43.3 Å². The van der Waals surface area contributed by atoms with Gasteiger partial charge in [-0.15, -0.1) is 0 Å². The predicted molar refractivity (Wildman–Crippen MR) is 94.2 cm³/mol. The number of furan rings is 1. The molecule has 0 radical (unpaired) electrons. The van der Waals surface area contributed by atoms with Crippen LogP contribution in [-0.2, 0) is 9.59 Å². The molecule has 2 heterocycles. The van der Waals surface area contributed by atoms with Crippen molar-refractivity contribution >= 4 is 17.4 Å². The molecule has 1 amide bonds. The van der Waals surface area contributed by atoms with Crippen LogP contribution in [0.2, 0.25) is 0 Å². The van der Waals surface area contributed by atoms with Crippen LogP contribution in [0.4, 0.5) is 10.1 Å². The molecule has 0 aliphatic carbocycles. The van der Waals surface area contributed by atoms with Crippen molar-refractivity contribution in [3.63, 3.8) is 0 Å². The minimum absolute atomic E-state index is 0.0128. The Balaban J connectivity index is 2.18. The maximum Gasteiger partial charge on any atom is 0.294 e. The maximum absolute atomic E-state index is 13.3. The Labute approximate surface area is 150 Å². The van der Waals surface area contributed by atoms with Crippen LogP contribution in [0, 0.1) is 18.2 Å². The number of benzene rings is 1. The lowest BCUT2D eigenvalue weighted by Gasteiger charge is -2.27. The van der Waals surface area contributed by atoms with E-state index in [-0.39, 0.29) is 11.4 Å². The molecule has 1 aliphatic rings. The summed E-state index contributed by atoms with van der Waals surface area (Å²) in [6.45, 7) is 6.89. The highest BCUT2D eigenvalue weighted by Gasteiger charge is 2.48. The van der Waals surface area contributed by atoms with Gasteiger partial charge in [0.15, 0.2) is 11.5 Å². The molecule has 0 saturated carbocycles. The van der Waals surface area contributed by atoms with E-state index in [0.29, 0.717) is 17.2 Å². The summed E-state index contributed by atoms with van der Waals surface area (Å²) in [5, 5.41) is 10.5. The van der Waals surface area contributed by atoms with Gasteiger partial charge in [0.05, 0.1) is 5.57 Å². The largest absolute Gasteiger partial charge is 0.503 e. The smallest absolute Gasteiger partial charge is 0.294 e. The van der Waals surface area contributed by atoms with Crippen molar-refractivity contribution in [3.05, 3.63) is 65.1 Å². The fraction of sp³-hybridized carbons (Fsp3) is 0.300. The van der Waals surface area contributed by atoms with E-state index >= 15 is 0 Å². The predicted octanol–water partition coefficient (Wildman–Crippen LogP) is 4.24. The number of hydrogen-bond donors (Lipinski definition) is 1. The number of Topliss-reactive ketones (excluding diaryl/α,β-unsaturated/α-hetero) is 1. The molecule has 1 aromatic heterocycles. The Bertz CT molecular complexity index is 903. The molecule has 1 unspecified atom stereocenters. The molecular weight excluding hydrogens is 337 g/mol. The van der Waals surface area contributed by atoms with E-state index in [1.165, 1.54) is 29.2 Å². The molecule has 0 spiro atoms. The number of aliphatic hydroxyl groups excluding tert-OH is 1. The number of hydrogen-bond acceptors (Lipinski definition) is 4. The van der Waals surface area contributed by atoms with Crippen LogP contribution in [0.5, 0.6) is 0 Å². The van der Waals surface area contributed by atoms with Crippen molar-refractivity contribution in [1.29, 1.82) is 0 Å². The highest BCUT2D eigenvalue weighted by Crippen LogP contribution is 2.43. The maximum atomic E-state index is 13.3. The zero-order valence-corrected chi connectivity index (χ0v) is 15.0. The molecule has 0 saturated heterocycles. The van der Waals surface area contributed by atoms with Crippen molar-refractivity contribution < 1.29 is 23.5 Å². The third-order valence-corrected chi connectivity index (χ3v) is 4.27. The Morgan fingerprint density at radius 3 is 2.27 bits per heavy atom. The first-order chi connectivity index (χ1) is 12.1. The summed E-state index contributed by atoms with van der Waals surface area (Å²) in [7, 11) is 0. The first-order valence-corrected chi connectivity index (χ1v) is 8.24. The van der Waals surface area contributed by atoms with Crippen LogP contribution in [-0.4, -0.2) is 16.8 Å². The molecule has 26 heavy (non-hydrogen) atoms. The van der Waals surface area contributed by atoms with Gasteiger partial charge in [-0.3, -0.25) is 14.5 Å². The Morgan fingerprint density at radius 1 is 1.15 bits per heavy atom. The molecule has 3 rings (SSSR count). The standard InChI is InChI=1S/C20H20FNO4/c1-11-5-10-14(26-11)16-15(18(24)20(2,3)4)17(23)19(25)22(16)13-8-6-12(21)7-9-13/h5-10,16,23H,1-4H3. The second-order valence-corrected chi connectivity index (χ2v) is 7.34. The van der Waals surface area contributed by atoms with Gasteiger partial charge in [0.2, 0.25) is 0 Å². The van der Waals surface area contributed by atoms with Crippen LogP contribution < -0.4 is 4.90 Å². The number of nitrogens with zero attached hydrogens (tertiary/aromatic N) is 1. The minimum Gasteiger partial charge on any atom is -0.503 e. The first-order valence-electron chi connectivity index (χ1n) is 8.24. The molecule has 2 aromatic rings. The fourth-order valence-corrected chi connectivity index (χ4v) is 2.98. The van der Waals surface area contributed by atoms with Crippen molar-refractivity contribution in [3.8, 4) is 0 Å².